The molecule has 37 heavy (non-hydrogen) atoms. The normalized spacial score (nSPS) is 21.2. The number of ether oxygens (including phenoxy) is 1. The number of hydrogen-bond donors (Lipinski definition) is 3. The van der Waals surface area contributed by atoms with Crippen LogP contribution in [0.2, 0.25) is 0 Å². The number of alkyl halides is 2. The standard InChI is InChI=1S/C27H30F2N4O4/c1-27-14-20-19-13-18(37-2)7-8-21(19)31-24(20)22(12-16-5-3-6-17(34)11-16)33(27)26(36)32(25(27)35)10-4-9-30-15-23(28)29/h3,5-8,11,13,22-23,30-31,34H,4,9-10,12,14-15H2,1-2H3/t22?,27-/m0/s1. The zero-order valence-electron chi connectivity index (χ0n) is 20.8. The van der Waals surface area contributed by atoms with Crippen molar-refractivity contribution in [1.29, 1.82) is 0 Å². The summed E-state index contributed by atoms with van der Waals surface area (Å²) >= 11 is 0. The molecule has 2 aliphatic heterocycles. The van der Waals surface area contributed by atoms with Crippen LogP contribution in [0, 0.1) is 0 Å². The highest BCUT2D eigenvalue weighted by Gasteiger charge is 2.59. The number of nitrogens with zero attached hydrogens (tertiary/aromatic N) is 2. The van der Waals surface area contributed by atoms with Crippen LogP contribution in [0.3, 0.4) is 0 Å². The Morgan fingerprint density at radius 3 is 2.78 bits per heavy atom. The number of fused-ring (bicyclic) bond motifs is 4. The van der Waals surface area contributed by atoms with Gasteiger partial charge in [-0.05, 0) is 67.8 Å². The number of hydrogen-bond acceptors (Lipinski definition) is 5. The molecule has 0 radical (unpaired) electrons. The van der Waals surface area contributed by atoms with Gasteiger partial charge in [-0.15, -0.1) is 0 Å². The Hall–Kier alpha value is -3.66. The van der Waals surface area contributed by atoms with Crippen molar-refractivity contribution in [3.05, 3.63) is 59.3 Å². The summed E-state index contributed by atoms with van der Waals surface area (Å²) in [6.07, 6.45) is -1.36. The molecular weight excluding hydrogens is 482 g/mol. The van der Waals surface area contributed by atoms with Gasteiger partial charge in [0.05, 0.1) is 19.7 Å². The van der Waals surface area contributed by atoms with Crippen LogP contribution < -0.4 is 10.1 Å². The summed E-state index contributed by atoms with van der Waals surface area (Å²) in [5.41, 5.74) is 2.41. The number of carbonyl (C=O) groups excluding carboxylic acids is 2. The minimum Gasteiger partial charge on any atom is -0.508 e. The second-order valence-corrected chi connectivity index (χ2v) is 9.83. The number of carbonyl (C=O) groups is 2. The van der Waals surface area contributed by atoms with E-state index in [4.69, 9.17) is 4.74 Å². The summed E-state index contributed by atoms with van der Waals surface area (Å²) < 4.78 is 30.3. The van der Waals surface area contributed by atoms with Crippen molar-refractivity contribution in [2.24, 2.45) is 0 Å². The molecule has 1 unspecified atom stereocenters. The fourth-order valence-corrected chi connectivity index (χ4v) is 5.65. The smallest absolute Gasteiger partial charge is 0.328 e. The van der Waals surface area contributed by atoms with Crippen molar-refractivity contribution in [2.45, 2.75) is 44.2 Å². The Morgan fingerprint density at radius 2 is 2.05 bits per heavy atom. The first-order chi connectivity index (χ1) is 17.7. The van der Waals surface area contributed by atoms with Gasteiger partial charge in [-0.2, -0.15) is 0 Å². The first kappa shape index (κ1) is 25.0. The molecule has 8 nitrogen and oxygen atoms in total. The molecule has 3 N–H and O–H groups in total. The van der Waals surface area contributed by atoms with Gasteiger partial charge < -0.3 is 25.0 Å². The molecule has 3 amide bonds. The molecule has 10 heteroatoms. The molecule has 0 aliphatic carbocycles. The Morgan fingerprint density at radius 1 is 1.24 bits per heavy atom. The van der Waals surface area contributed by atoms with E-state index in [1.165, 1.54) is 4.90 Å². The predicted molar refractivity (Wildman–Crippen MR) is 134 cm³/mol. The van der Waals surface area contributed by atoms with Gasteiger partial charge in [0.15, 0.2) is 0 Å². The zero-order valence-corrected chi connectivity index (χ0v) is 20.8. The van der Waals surface area contributed by atoms with Gasteiger partial charge in [-0.25, -0.2) is 13.6 Å². The molecule has 5 rings (SSSR count). The number of halogens is 2. The number of urea groups is 1. The first-order valence-electron chi connectivity index (χ1n) is 12.3. The first-order valence-corrected chi connectivity index (χ1v) is 12.3. The molecule has 1 fully saturated rings. The molecule has 2 atom stereocenters. The van der Waals surface area contributed by atoms with Gasteiger partial charge in [0, 0.05) is 29.6 Å². The molecule has 0 bridgehead atoms. The number of benzene rings is 2. The summed E-state index contributed by atoms with van der Waals surface area (Å²) in [7, 11) is 1.60. The minimum atomic E-state index is -2.46. The summed E-state index contributed by atoms with van der Waals surface area (Å²) in [5, 5.41) is 13.6. The lowest BCUT2D eigenvalue weighted by molar-refractivity contribution is -0.133. The monoisotopic (exact) mass is 512 g/mol. The Kier molecular flexibility index (Phi) is 6.53. The van der Waals surface area contributed by atoms with Crippen molar-refractivity contribution in [3.63, 3.8) is 0 Å². The van der Waals surface area contributed by atoms with Gasteiger partial charge in [-0.3, -0.25) is 9.69 Å². The van der Waals surface area contributed by atoms with E-state index < -0.39 is 30.6 Å². The Labute approximate surface area is 213 Å². The maximum absolute atomic E-state index is 13.7. The highest BCUT2D eigenvalue weighted by atomic mass is 19.3. The van der Waals surface area contributed by atoms with Crippen LogP contribution in [0.1, 0.15) is 36.2 Å². The average Bonchev–Trinajstić information content (AvgIpc) is 3.31. The number of H-pyrrole nitrogens is 1. The van der Waals surface area contributed by atoms with Crippen LogP contribution in [-0.4, -0.2) is 70.5 Å². The van der Waals surface area contributed by atoms with E-state index in [-0.39, 0.29) is 24.7 Å². The third-order valence-electron chi connectivity index (χ3n) is 7.36. The van der Waals surface area contributed by atoms with Crippen molar-refractivity contribution in [3.8, 4) is 11.5 Å². The molecule has 3 aromatic rings. The van der Waals surface area contributed by atoms with Crippen molar-refractivity contribution in [1.82, 2.24) is 20.1 Å². The maximum Gasteiger partial charge on any atom is 0.328 e. The van der Waals surface area contributed by atoms with E-state index in [2.05, 4.69) is 10.3 Å². The second-order valence-electron chi connectivity index (χ2n) is 9.83. The lowest BCUT2D eigenvalue weighted by Gasteiger charge is -2.42. The average molecular weight is 513 g/mol. The topological polar surface area (TPSA) is 97.9 Å². The number of rotatable bonds is 9. The molecule has 0 saturated carbocycles. The number of aromatic nitrogens is 1. The molecule has 3 heterocycles. The SMILES string of the molecule is COc1ccc2[nH]c3c(c2c1)C[C@@]1(C)C(=O)N(CCCNCC(F)F)C(=O)N1C3Cc1cccc(O)c1. The van der Waals surface area contributed by atoms with Crippen molar-refractivity contribution < 1.29 is 28.2 Å². The van der Waals surface area contributed by atoms with Crippen LogP contribution in [0.5, 0.6) is 11.5 Å². The number of phenolic OH excluding ortho intramolecular Hbond substituents is 1. The number of nitrogens with one attached hydrogen (secondary N) is 2. The van der Waals surface area contributed by atoms with Crippen LogP contribution in [0.4, 0.5) is 13.6 Å². The van der Waals surface area contributed by atoms with Gasteiger partial charge in [0.2, 0.25) is 0 Å². The van der Waals surface area contributed by atoms with Crippen LogP contribution in [0.15, 0.2) is 42.5 Å². The Balaban J connectivity index is 1.52. The second kappa shape index (κ2) is 9.66. The fraction of sp³-hybridized carbons (Fsp3) is 0.407. The van der Waals surface area contributed by atoms with Crippen LogP contribution >= 0.6 is 0 Å². The van der Waals surface area contributed by atoms with Gasteiger partial charge >= 0.3 is 6.03 Å². The van der Waals surface area contributed by atoms with E-state index in [9.17, 15) is 23.5 Å². The molecule has 1 aromatic heterocycles. The van der Waals surface area contributed by atoms with E-state index in [1.807, 2.05) is 24.3 Å². The molecule has 1 saturated heterocycles. The van der Waals surface area contributed by atoms with E-state index >= 15 is 0 Å². The van der Waals surface area contributed by atoms with Crippen LogP contribution in [0.25, 0.3) is 10.9 Å². The molecule has 196 valence electrons. The molecule has 0 spiro atoms. The number of aromatic amines is 1. The van der Waals surface area contributed by atoms with Crippen molar-refractivity contribution in [2.75, 3.05) is 26.7 Å². The van der Waals surface area contributed by atoms with Crippen LogP contribution in [-0.2, 0) is 17.6 Å². The number of aromatic hydroxyl groups is 1. The number of phenols is 1. The third-order valence-corrected chi connectivity index (χ3v) is 7.36. The minimum absolute atomic E-state index is 0.124. The fourth-order valence-electron chi connectivity index (χ4n) is 5.65. The van der Waals surface area contributed by atoms with Gasteiger partial charge in [-0.1, -0.05) is 12.1 Å². The molecule has 2 aromatic carbocycles. The summed E-state index contributed by atoms with van der Waals surface area (Å²) in [6.45, 7) is 1.78. The lowest BCUT2D eigenvalue weighted by Crippen LogP contribution is -2.53. The zero-order chi connectivity index (χ0) is 26.3. The quantitative estimate of drug-likeness (QED) is 0.298. The number of methoxy groups -OCH3 is 1. The number of imide groups is 1. The molecule has 2 aliphatic rings. The van der Waals surface area contributed by atoms with Gasteiger partial charge in [0.1, 0.15) is 17.0 Å². The summed E-state index contributed by atoms with van der Waals surface area (Å²) in [6, 6.07) is 11.7. The summed E-state index contributed by atoms with van der Waals surface area (Å²) in [5.74, 6) is 0.521. The lowest BCUT2D eigenvalue weighted by atomic mass is 9.81. The van der Waals surface area contributed by atoms with Gasteiger partial charge in [0.25, 0.3) is 12.3 Å². The third kappa shape index (κ3) is 4.39. The maximum atomic E-state index is 13.7. The van der Waals surface area contributed by atoms with E-state index in [0.29, 0.717) is 25.0 Å². The predicted octanol–water partition coefficient (Wildman–Crippen LogP) is 3.99. The largest absolute Gasteiger partial charge is 0.508 e. The van der Waals surface area contributed by atoms with Crippen molar-refractivity contribution >= 4 is 22.8 Å². The highest BCUT2D eigenvalue weighted by molar-refractivity contribution is 6.08. The highest BCUT2D eigenvalue weighted by Crippen LogP contribution is 2.47. The number of amides is 3. The van der Waals surface area contributed by atoms with E-state index in [1.54, 1.807) is 37.1 Å². The Bertz CT molecular complexity index is 1340. The van der Waals surface area contributed by atoms with E-state index in [0.717, 1.165) is 27.7 Å². The molecular formula is C27H30F2N4O4. The summed E-state index contributed by atoms with van der Waals surface area (Å²) in [4.78, 5) is 33.8.